The second kappa shape index (κ2) is 7.79. The number of halogens is 1. The van der Waals surface area contributed by atoms with Crippen LogP contribution in [-0.4, -0.2) is 11.8 Å². The number of hydrogen-bond acceptors (Lipinski definition) is 2. The van der Waals surface area contributed by atoms with Crippen molar-refractivity contribution in [3.05, 3.63) is 58.6 Å². The summed E-state index contributed by atoms with van der Waals surface area (Å²) in [6, 6.07) is 12.3. The highest BCUT2D eigenvalue weighted by Gasteiger charge is 2.11. The van der Waals surface area contributed by atoms with Crippen molar-refractivity contribution in [1.29, 1.82) is 0 Å². The Balaban J connectivity index is 2.10. The Hall–Kier alpha value is -2.33. The minimum atomic E-state index is -0.285. The van der Waals surface area contributed by atoms with Crippen molar-refractivity contribution in [3.63, 3.8) is 0 Å². The van der Waals surface area contributed by atoms with Crippen molar-refractivity contribution >= 4 is 34.8 Å². The molecule has 0 aromatic heterocycles. The van der Waals surface area contributed by atoms with Gasteiger partial charge in [-0.2, -0.15) is 0 Å². The summed E-state index contributed by atoms with van der Waals surface area (Å²) in [6.45, 7) is 3.86. The van der Waals surface area contributed by atoms with Gasteiger partial charge in [0.15, 0.2) is 0 Å². The largest absolute Gasteiger partial charge is 0.326 e. The van der Waals surface area contributed by atoms with Gasteiger partial charge in [0.25, 0.3) is 5.91 Å². The first kappa shape index (κ1) is 17.0. The Morgan fingerprint density at radius 3 is 2.39 bits per heavy atom. The molecule has 2 aromatic carbocycles. The zero-order chi connectivity index (χ0) is 16.8. The lowest BCUT2D eigenvalue weighted by Crippen LogP contribution is -2.14. The molecular formula is C18H19ClN2O2. The molecule has 2 amide bonds. The van der Waals surface area contributed by atoms with E-state index in [1.807, 2.05) is 19.9 Å². The summed E-state index contributed by atoms with van der Waals surface area (Å²) in [6.07, 6.45) is 1.25. The minimum absolute atomic E-state index is 0.0439. The lowest BCUT2D eigenvalue weighted by atomic mass is 10.1. The summed E-state index contributed by atoms with van der Waals surface area (Å²) in [7, 11) is 0. The number of benzene rings is 2. The van der Waals surface area contributed by atoms with E-state index in [9.17, 15) is 9.59 Å². The van der Waals surface area contributed by atoms with Crippen molar-refractivity contribution in [2.24, 2.45) is 0 Å². The third kappa shape index (κ3) is 4.83. The van der Waals surface area contributed by atoms with Crippen molar-refractivity contribution in [2.75, 3.05) is 10.6 Å². The molecule has 4 nitrogen and oxygen atoms in total. The van der Waals surface area contributed by atoms with Crippen LogP contribution in [0.4, 0.5) is 11.4 Å². The van der Waals surface area contributed by atoms with E-state index in [-0.39, 0.29) is 11.8 Å². The monoisotopic (exact) mass is 330 g/mol. The Morgan fingerprint density at radius 2 is 1.74 bits per heavy atom. The molecule has 23 heavy (non-hydrogen) atoms. The molecule has 0 saturated carbocycles. The molecule has 0 aliphatic carbocycles. The molecule has 120 valence electrons. The van der Waals surface area contributed by atoms with Crippen LogP contribution < -0.4 is 10.6 Å². The van der Waals surface area contributed by atoms with Crippen LogP contribution in [0.25, 0.3) is 0 Å². The highest BCUT2D eigenvalue weighted by molar-refractivity contribution is 6.34. The van der Waals surface area contributed by atoms with E-state index < -0.39 is 0 Å². The van der Waals surface area contributed by atoms with Crippen molar-refractivity contribution in [1.82, 2.24) is 0 Å². The fourth-order valence-corrected chi connectivity index (χ4v) is 2.45. The Morgan fingerprint density at radius 1 is 1.04 bits per heavy atom. The molecule has 0 radical (unpaired) electrons. The van der Waals surface area contributed by atoms with Crippen LogP contribution >= 0.6 is 11.6 Å². The van der Waals surface area contributed by atoms with Crippen LogP contribution in [0.3, 0.4) is 0 Å². The first-order chi connectivity index (χ1) is 11.0. The smallest absolute Gasteiger partial charge is 0.257 e. The number of carbonyl (C=O) groups excluding carboxylic acids is 2. The second-order valence-corrected chi connectivity index (χ2v) is 5.72. The van der Waals surface area contributed by atoms with Crippen LogP contribution in [0, 0.1) is 6.92 Å². The maximum absolute atomic E-state index is 12.3. The summed E-state index contributed by atoms with van der Waals surface area (Å²) < 4.78 is 0. The summed E-state index contributed by atoms with van der Waals surface area (Å²) in [5.74, 6) is -0.329. The van der Waals surface area contributed by atoms with E-state index in [4.69, 9.17) is 11.6 Å². The van der Waals surface area contributed by atoms with Crippen molar-refractivity contribution < 1.29 is 9.59 Å². The normalized spacial score (nSPS) is 10.2. The zero-order valence-electron chi connectivity index (χ0n) is 13.2. The third-order valence-electron chi connectivity index (χ3n) is 3.25. The molecule has 0 spiro atoms. The molecule has 2 rings (SSSR count). The molecular weight excluding hydrogens is 312 g/mol. The van der Waals surface area contributed by atoms with Gasteiger partial charge in [0.2, 0.25) is 5.91 Å². The van der Waals surface area contributed by atoms with E-state index in [0.717, 1.165) is 12.0 Å². The molecule has 0 aliphatic rings. The van der Waals surface area contributed by atoms with Crippen LogP contribution in [0.15, 0.2) is 42.5 Å². The highest BCUT2D eigenvalue weighted by Crippen LogP contribution is 2.21. The topological polar surface area (TPSA) is 58.2 Å². The van der Waals surface area contributed by atoms with Crippen LogP contribution in [-0.2, 0) is 4.79 Å². The fourth-order valence-electron chi connectivity index (χ4n) is 2.13. The summed E-state index contributed by atoms with van der Waals surface area (Å²) in [5.41, 5.74) is 2.65. The van der Waals surface area contributed by atoms with Crippen LogP contribution in [0.2, 0.25) is 5.02 Å². The van der Waals surface area contributed by atoms with Gasteiger partial charge >= 0.3 is 0 Å². The predicted molar refractivity (Wildman–Crippen MR) is 94.1 cm³/mol. The lowest BCUT2D eigenvalue weighted by molar-refractivity contribution is -0.116. The third-order valence-corrected chi connectivity index (χ3v) is 3.56. The van der Waals surface area contributed by atoms with E-state index in [2.05, 4.69) is 10.6 Å². The lowest BCUT2D eigenvalue weighted by Gasteiger charge is -2.10. The SMILES string of the molecule is CCCC(=O)Nc1cccc(NC(=O)c2ccc(C)cc2Cl)c1. The Labute approximate surface area is 140 Å². The van der Waals surface area contributed by atoms with Gasteiger partial charge in [0.05, 0.1) is 10.6 Å². The zero-order valence-corrected chi connectivity index (χ0v) is 13.9. The molecule has 0 bridgehead atoms. The molecule has 5 heteroatoms. The highest BCUT2D eigenvalue weighted by atomic mass is 35.5. The first-order valence-corrected chi connectivity index (χ1v) is 7.85. The van der Waals surface area contributed by atoms with Gasteiger partial charge in [-0.15, -0.1) is 0 Å². The van der Waals surface area contributed by atoms with Gasteiger partial charge < -0.3 is 10.6 Å². The maximum atomic E-state index is 12.3. The number of aryl methyl sites for hydroxylation is 1. The van der Waals surface area contributed by atoms with Gasteiger partial charge in [-0.05, 0) is 49.2 Å². The van der Waals surface area contributed by atoms with E-state index in [0.29, 0.717) is 28.4 Å². The standard InChI is InChI=1S/C18H19ClN2O2/c1-3-5-17(22)20-13-6-4-7-14(11-13)21-18(23)15-9-8-12(2)10-16(15)19/h4,6-11H,3,5H2,1-2H3,(H,20,22)(H,21,23). The number of nitrogens with one attached hydrogen (secondary N) is 2. The molecule has 0 aliphatic heterocycles. The molecule has 2 N–H and O–H groups in total. The second-order valence-electron chi connectivity index (χ2n) is 5.32. The summed E-state index contributed by atoms with van der Waals surface area (Å²) in [5, 5.41) is 6.00. The summed E-state index contributed by atoms with van der Waals surface area (Å²) in [4.78, 5) is 23.9. The average molecular weight is 331 g/mol. The van der Waals surface area contributed by atoms with E-state index in [1.54, 1.807) is 36.4 Å². The number of hydrogen-bond donors (Lipinski definition) is 2. The number of carbonyl (C=O) groups is 2. The predicted octanol–water partition coefficient (Wildman–Crippen LogP) is 4.64. The first-order valence-electron chi connectivity index (χ1n) is 7.47. The number of amides is 2. The fraction of sp³-hybridized carbons (Fsp3) is 0.222. The van der Waals surface area contributed by atoms with Gasteiger partial charge in [0.1, 0.15) is 0 Å². The molecule has 0 saturated heterocycles. The average Bonchev–Trinajstić information content (AvgIpc) is 2.47. The van der Waals surface area contributed by atoms with E-state index in [1.165, 1.54) is 0 Å². The van der Waals surface area contributed by atoms with Crippen molar-refractivity contribution in [3.8, 4) is 0 Å². The maximum Gasteiger partial charge on any atom is 0.257 e. The minimum Gasteiger partial charge on any atom is -0.326 e. The molecule has 2 aromatic rings. The Bertz CT molecular complexity index is 729. The molecule has 0 heterocycles. The van der Waals surface area contributed by atoms with Crippen LogP contribution in [0.1, 0.15) is 35.7 Å². The molecule has 0 atom stereocenters. The van der Waals surface area contributed by atoms with Gasteiger partial charge in [-0.3, -0.25) is 9.59 Å². The van der Waals surface area contributed by atoms with E-state index >= 15 is 0 Å². The number of rotatable bonds is 5. The van der Waals surface area contributed by atoms with Gasteiger partial charge in [-0.1, -0.05) is 30.7 Å². The Kier molecular flexibility index (Phi) is 5.77. The molecule has 0 unspecified atom stereocenters. The summed E-state index contributed by atoms with van der Waals surface area (Å²) >= 11 is 6.11. The molecule has 0 fully saturated rings. The van der Waals surface area contributed by atoms with Crippen molar-refractivity contribution in [2.45, 2.75) is 26.7 Å². The van der Waals surface area contributed by atoms with Gasteiger partial charge in [0, 0.05) is 17.8 Å². The van der Waals surface area contributed by atoms with Crippen LogP contribution in [0.5, 0.6) is 0 Å². The quantitative estimate of drug-likeness (QED) is 0.839. The number of anilines is 2. The van der Waals surface area contributed by atoms with Gasteiger partial charge in [-0.25, -0.2) is 0 Å².